The Bertz CT molecular complexity index is 1430. The lowest BCUT2D eigenvalue weighted by Crippen LogP contribution is -2.37. The molecule has 0 aromatic heterocycles. The Balaban J connectivity index is 1.61. The molecular formula is C28H27N3O8. The van der Waals surface area contributed by atoms with Crippen LogP contribution in [0.3, 0.4) is 0 Å². The summed E-state index contributed by atoms with van der Waals surface area (Å²) in [6, 6.07) is 8.18. The summed E-state index contributed by atoms with van der Waals surface area (Å²) < 4.78 is 11.7. The van der Waals surface area contributed by atoms with Crippen LogP contribution in [0, 0.1) is 20.2 Å². The van der Waals surface area contributed by atoms with Crippen LogP contribution in [0.1, 0.15) is 56.9 Å². The van der Waals surface area contributed by atoms with Gasteiger partial charge in [-0.1, -0.05) is 6.07 Å². The molecule has 0 saturated carbocycles. The fourth-order valence-electron chi connectivity index (χ4n) is 5.71. The normalized spacial score (nSPS) is 17.6. The molecule has 11 nitrogen and oxygen atoms in total. The lowest BCUT2D eigenvalue weighted by molar-refractivity contribution is -0.394. The van der Waals surface area contributed by atoms with Crippen LogP contribution in [0.5, 0.6) is 17.2 Å². The molecule has 5 rings (SSSR count). The number of benzene rings is 2. The highest BCUT2D eigenvalue weighted by Gasteiger charge is 2.42. The van der Waals surface area contributed by atoms with E-state index in [-0.39, 0.29) is 35.4 Å². The number of carbonyl (C=O) groups excluding carboxylic acids is 2. The first-order chi connectivity index (χ1) is 18.7. The van der Waals surface area contributed by atoms with Crippen LogP contribution in [0.25, 0.3) is 0 Å². The number of allylic oxidation sites excluding steroid dienone is 4. The lowest BCUT2D eigenvalue weighted by atomic mass is 9.71. The number of hydrogen-bond donors (Lipinski definition) is 0. The second-order valence-electron chi connectivity index (χ2n) is 9.67. The fraction of sp³-hybridized carbons (Fsp3) is 0.357. The Morgan fingerprint density at radius 2 is 1.46 bits per heavy atom. The minimum absolute atomic E-state index is 0.0258. The van der Waals surface area contributed by atoms with Gasteiger partial charge in [0.25, 0.3) is 5.69 Å². The highest BCUT2D eigenvalue weighted by Crippen LogP contribution is 2.50. The van der Waals surface area contributed by atoms with Gasteiger partial charge in [0, 0.05) is 54.4 Å². The molecule has 2 aromatic rings. The molecular weight excluding hydrogens is 506 g/mol. The van der Waals surface area contributed by atoms with Crippen molar-refractivity contribution in [2.24, 2.45) is 0 Å². The number of rotatable bonds is 7. The summed E-state index contributed by atoms with van der Waals surface area (Å²) in [4.78, 5) is 49.8. The van der Waals surface area contributed by atoms with E-state index >= 15 is 0 Å². The molecule has 3 aliphatic rings. The van der Waals surface area contributed by atoms with Crippen LogP contribution in [-0.4, -0.2) is 40.0 Å². The molecule has 1 heterocycles. The van der Waals surface area contributed by atoms with E-state index in [0.29, 0.717) is 29.6 Å². The third-order valence-electron chi connectivity index (χ3n) is 7.42. The van der Waals surface area contributed by atoms with Crippen molar-refractivity contribution in [1.29, 1.82) is 0 Å². The van der Waals surface area contributed by atoms with Crippen LogP contribution in [0.15, 0.2) is 58.9 Å². The van der Waals surface area contributed by atoms with E-state index in [9.17, 15) is 29.8 Å². The van der Waals surface area contributed by atoms with Crippen LogP contribution in [-0.2, 0) is 9.59 Å². The first-order valence-electron chi connectivity index (χ1n) is 12.8. The topological polar surface area (TPSA) is 142 Å². The van der Waals surface area contributed by atoms with Crippen molar-refractivity contribution in [1.82, 2.24) is 4.90 Å². The summed E-state index contributed by atoms with van der Waals surface area (Å²) in [7, 11) is 1.93. The van der Waals surface area contributed by atoms with Crippen molar-refractivity contribution in [3.05, 3.63) is 84.7 Å². The molecule has 0 amide bonds. The molecule has 0 fully saturated rings. The fourth-order valence-corrected chi connectivity index (χ4v) is 5.71. The van der Waals surface area contributed by atoms with E-state index in [1.54, 1.807) is 25.1 Å². The van der Waals surface area contributed by atoms with Crippen molar-refractivity contribution in [2.45, 2.75) is 51.4 Å². The number of nitro groups is 2. The van der Waals surface area contributed by atoms with Crippen LogP contribution in [0.2, 0.25) is 0 Å². The predicted molar refractivity (Wildman–Crippen MR) is 140 cm³/mol. The van der Waals surface area contributed by atoms with E-state index in [2.05, 4.69) is 0 Å². The van der Waals surface area contributed by atoms with Gasteiger partial charge < -0.3 is 14.4 Å². The van der Waals surface area contributed by atoms with Gasteiger partial charge >= 0.3 is 5.69 Å². The molecule has 0 unspecified atom stereocenters. The Hall–Kier alpha value is -4.54. The van der Waals surface area contributed by atoms with Crippen molar-refractivity contribution in [2.75, 3.05) is 13.7 Å². The minimum atomic E-state index is -0.749. The molecule has 0 bridgehead atoms. The molecule has 0 saturated heterocycles. The second kappa shape index (κ2) is 10.3. The molecule has 2 aliphatic carbocycles. The SMILES string of the molecule is CCOc1cc(C2C3=C(CCCC3=O)N(C)C3=C2C(=O)CCC3)ccc1Oc1ccc([N+](=O)[O-])cc1[N+](=O)[O-]. The summed E-state index contributed by atoms with van der Waals surface area (Å²) in [5, 5.41) is 22.7. The quantitative estimate of drug-likeness (QED) is 0.322. The van der Waals surface area contributed by atoms with Crippen molar-refractivity contribution in [3.63, 3.8) is 0 Å². The maximum absolute atomic E-state index is 13.2. The van der Waals surface area contributed by atoms with Gasteiger partial charge in [0.1, 0.15) is 0 Å². The summed E-state index contributed by atoms with van der Waals surface area (Å²) >= 11 is 0. The monoisotopic (exact) mass is 533 g/mol. The molecule has 11 heteroatoms. The van der Waals surface area contributed by atoms with E-state index in [4.69, 9.17) is 9.47 Å². The van der Waals surface area contributed by atoms with Crippen LogP contribution >= 0.6 is 0 Å². The summed E-state index contributed by atoms with van der Waals surface area (Å²) in [6.45, 7) is 2.03. The number of hydrogen-bond acceptors (Lipinski definition) is 9. The van der Waals surface area contributed by atoms with Gasteiger partial charge in [0.15, 0.2) is 23.1 Å². The zero-order valence-electron chi connectivity index (χ0n) is 21.6. The molecule has 39 heavy (non-hydrogen) atoms. The average molecular weight is 534 g/mol. The first kappa shape index (κ1) is 26.1. The smallest absolute Gasteiger partial charge is 0.318 e. The van der Waals surface area contributed by atoms with Gasteiger partial charge in [-0.3, -0.25) is 29.8 Å². The summed E-state index contributed by atoms with van der Waals surface area (Å²) in [6.07, 6.45) is 3.86. The van der Waals surface area contributed by atoms with E-state index < -0.39 is 27.1 Å². The van der Waals surface area contributed by atoms with Crippen molar-refractivity contribution >= 4 is 22.9 Å². The van der Waals surface area contributed by atoms with E-state index in [0.717, 1.165) is 49.2 Å². The number of non-ortho nitro benzene ring substituents is 1. The maximum atomic E-state index is 13.2. The number of Topliss-reactive ketones (excluding diaryl/α,β-unsaturated/α-hetero) is 2. The van der Waals surface area contributed by atoms with Gasteiger partial charge in [-0.05, 0) is 56.4 Å². The van der Waals surface area contributed by atoms with Crippen molar-refractivity contribution < 1.29 is 28.9 Å². The highest BCUT2D eigenvalue weighted by molar-refractivity contribution is 6.06. The first-order valence-corrected chi connectivity index (χ1v) is 12.8. The Labute approximate surface area is 224 Å². The van der Waals surface area contributed by atoms with E-state index in [1.807, 2.05) is 11.9 Å². The summed E-state index contributed by atoms with van der Waals surface area (Å²) in [5.41, 5.74) is 2.88. The third kappa shape index (κ3) is 4.64. The predicted octanol–water partition coefficient (Wildman–Crippen LogP) is 5.74. The standard InChI is InChI=1S/C28H27N3O8/c1-3-38-25-14-16(10-12-24(25)39-23-13-11-17(30(34)35)15-20(23)31(36)37)26-27-18(6-4-8-21(27)32)29(2)19-7-5-9-22(33)28(19)26/h10-15,26H,3-9H2,1-2H3. The van der Waals surface area contributed by atoms with Crippen LogP contribution < -0.4 is 9.47 Å². The van der Waals surface area contributed by atoms with Crippen LogP contribution in [0.4, 0.5) is 11.4 Å². The lowest BCUT2D eigenvalue weighted by Gasteiger charge is -2.42. The molecule has 202 valence electrons. The van der Waals surface area contributed by atoms with Gasteiger partial charge in [-0.2, -0.15) is 0 Å². The Morgan fingerprint density at radius 3 is 2.03 bits per heavy atom. The number of nitrogens with zero attached hydrogens (tertiary/aromatic N) is 3. The number of ketones is 2. The largest absolute Gasteiger partial charge is 0.490 e. The Kier molecular flexibility index (Phi) is 6.90. The molecule has 0 spiro atoms. The van der Waals surface area contributed by atoms with Crippen molar-refractivity contribution in [3.8, 4) is 17.2 Å². The molecule has 1 aliphatic heterocycles. The molecule has 2 aromatic carbocycles. The molecule has 0 atom stereocenters. The third-order valence-corrected chi connectivity index (χ3v) is 7.42. The summed E-state index contributed by atoms with van der Waals surface area (Å²) in [5.74, 6) is -0.223. The zero-order chi connectivity index (χ0) is 27.8. The number of carbonyl (C=O) groups is 2. The highest BCUT2D eigenvalue weighted by atomic mass is 16.6. The van der Waals surface area contributed by atoms with Gasteiger partial charge in [0.05, 0.1) is 22.5 Å². The minimum Gasteiger partial charge on any atom is -0.490 e. The average Bonchev–Trinajstić information content (AvgIpc) is 2.91. The molecule has 0 radical (unpaired) electrons. The maximum Gasteiger partial charge on any atom is 0.318 e. The Morgan fingerprint density at radius 1 is 0.846 bits per heavy atom. The second-order valence-corrected chi connectivity index (χ2v) is 9.67. The van der Waals surface area contributed by atoms with E-state index in [1.165, 1.54) is 6.07 Å². The molecule has 0 N–H and O–H groups in total. The number of ether oxygens (including phenoxy) is 2. The van der Waals surface area contributed by atoms with Gasteiger partial charge in [-0.15, -0.1) is 0 Å². The van der Waals surface area contributed by atoms with Gasteiger partial charge in [-0.25, -0.2) is 0 Å². The number of nitro benzene ring substituents is 2. The zero-order valence-corrected chi connectivity index (χ0v) is 21.6. The van der Waals surface area contributed by atoms with Gasteiger partial charge in [0.2, 0.25) is 5.75 Å².